The zero-order valence-electron chi connectivity index (χ0n) is 14.4. The van der Waals surface area contributed by atoms with Gasteiger partial charge in [0, 0.05) is 29.6 Å². The minimum atomic E-state index is -0.343. The van der Waals surface area contributed by atoms with Crippen molar-refractivity contribution in [3.8, 4) is 11.6 Å². The number of hydrogen-bond donors (Lipinski definition) is 2. The Morgan fingerprint density at radius 2 is 2.11 bits per heavy atom. The standard InChI is InChI=1S/C19H18N4O3S/c24-18-11-16(22-23(18)14-4-2-1-3-5-14)21-19(25)13-6-8-20-17(10-13)26-15-7-9-27-12-15/h1-6,8,10-11,15,22H,7,9,12H2,(H,21,25)/t15-/m1/s1. The second-order valence-corrected chi connectivity index (χ2v) is 7.27. The molecule has 0 bridgehead atoms. The van der Waals surface area contributed by atoms with Crippen LogP contribution in [0.2, 0.25) is 0 Å². The number of carbonyl (C=O) groups is 1. The molecule has 0 radical (unpaired) electrons. The molecule has 1 fully saturated rings. The Morgan fingerprint density at radius 3 is 2.89 bits per heavy atom. The molecule has 4 rings (SSSR count). The number of H-pyrrole nitrogens is 1. The summed E-state index contributed by atoms with van der Waals surface area (Å²) in [6, 6.07) is 13.7. The van der Waals surface area contributed by atoms with Crippen molar-refractivity contribution in [3.63, 3.8) is 0 Å². The zero-order chi connectivity index (χ0) is 18.6. The molecule has 1 aliphatic heterocycles. The highest BCUT2D eigenvalue weighted by Crippen LogP contribution is 2.22. The van der Waals surface area contributed by atoms with Gasteiger partial charge in [-0.05, 0) is 30.4 Å². The van der Waals surface area contributed by atoms with Crippen molar-refractivity contribution < 1.29 is 9.53 Å². The van der Waals surface area contributed by atoms with Gasteiger partial charge in [-0.3, -0.25) is 14.7 Å². The number of carbonyl (C=O) groups excluding carboxylic acids is 1. The van der Waals surface area contributed by atoms with Crippen LogP contribution in [0.15, 0.2) is 59.5 Å². The second-order valence-electron chi connectivity index (χ2n) is 6.12. The summed E-state index contributed by atoms with van der Waals surface area (Å²) in [7, 11) is 0. The number of nitrogens with one attached hydrogen (secondary N) is 2. The molecule has 2 aromatic heterocycles. The van der Waals surface area contributed by atoms with Gasteiger partial charge in [-0.1, -0.05) is 18.2 Å². The van der Waals surface area contributed by atoms with E-state index >= 15 is 0 Å². The van der Waals surface area contributed by atoms with Gasteiger partial charge in [-0.25, -0.2) is 9.67 Å². The van der Waals surface area contributed by atoms with Gasteiger partial charge >= 0.3 is 0 Å². The summed E-state index contributed by atoms with van der Waals surface area (Å²) in [6.07, 6.45) is 2.67. The van der Waals surface area contributed by atoms with Crippen molar-refractivity contribution in [2.45, 2.75) is 12.5 Å². The Balaban J connectivity index is 1.49. The normalized spacial score (nSPS) is 16.2. The summed E-state index contributed by atoms with van der Waals surface area (Å²) in [4.78, 5) is 28.9. The molecule has 0 saturated carbocycles. The van der Waals surface area contributed by atoms with Gasteiger partial charge < -0.3 is 10.1 Å². The molecule has 0 spiro atoms. The van der Waals surface area contributed by atoms with E-state index in [0.717, 1.165) is 17.9 Å². The number of thioether (sulfide) groups is 1. The minimum absolute atomic E-state index is 0.136. The van der Waals surface area contributed by atoms with Crippen molar-refractivity contribution >= 4 is 23.5 Å². The Labute approximate surface area is 159 Å². The first-order chi connectivity index (χ1) is 13.2. The Morgan fingerprint density at radius 1 is 1.26 bits per heavy atom. The number of nitrogens with zero attached hydrogens (tertiary/aromatic N) is 2. The van der Waals surface area contributed by atoms with Gasteiger partial charge in [-0.15, -0.1) is 0 Å². The van der Waals surface area contributed by atoms with Gasteiger partial charge in [0.25, 0.3) is 11.5 Å². The van der Waals surface area contributed by atoms with E-state index in [1.165, 1.54) is 10.7 Å². The fourth-order valence-electron chi connectivity index (χ4n) is 2.81. The molecule has 138 valence electrons. The first-order valence-electron chi connectivity index (χ1n) is 8.58. The molecule has 3 aromatic rings. The molecule has 0 aliphatic carbocycles. The van der Waals surface area contributed by atoms with E-state index in [9.17, 15) is 9.59 Å². The SMILES string of the molecule is O=C(Nc1cc(=O)n(-c2ccccc2)[nH]1)c1ccnc(O[C@@H]2CCSC2)c1. The highest BCUT2D eigenvalue weighted by Gasteiger charge is 2.18. The van der Waals surface area contributed by atoms with Gasteiger partial charge in [0.1, 0.15) is 11.9 Å². The van der Waals surface area contributed by atoms with Crippen molar-refractivity contribution in [2.75, 3.05) is 16.8 Å². The molecule has 1 atom stereocenters. The molecule has 1 amide bonds. The smallest absolute Gasteiger partial charge is 0.273 e. The topological polar surface area (TPSA) is 89.0 Å². The van der Waals surface area contributed by atoms with Gasteiger partial charge in [0.05, 0.1) is 5.69 Å². The highest BCUT2D eigenvalue weighted by molar-refractivity contribution is 7.99. The fourth-order valence-corrected chi connectivity index (χ4v) is 3.91. The van der Waals surface area contributed by atoms with E-state index in [0.29, 0.717) is 22.9 Å². The molecule has 7 nitrogen and oxygen atoms in total. The first-order valence-corrected chi connectivity index (χ1v) is 9.74. The van der Waals surface area contributed by atoms with Gasteiger partial charge in [-0.2, -0.15) is 11.8 Å². The number of benzene rings is 1. The maximum Gasteiger partial charge on any atom is 0.273 e. The molecule has 1 aromatic carbocycles. The number of aromatic amines is 1. The van der Waals surface area contributed by atoms with Crippen LogP contribution < -0.4 is 15.6 Å². The number of rotatable bonds is 5. The zero-order valence-corrected chi connectivity index (χ0v) is 15.2. The number of pyridine rings is 1. The molecule has 0 unspecified atom stereocenters. The van der Waals surface area contributed by atoms with Crippen molar-refractivity contribution in [2.24, 2.45) is 0 Å². The van der Waals surface area contributed by atoms with Crippen molar-refractivity contribution in [1.29, 1.82) is 0 Å². The van der Waals surface area contributed by atoms with Crippen molar-refractivity contribution in [1.82, 2.24) is 14.8 Å². The number of amides is 1. The molecule has 1 aliphatic rings. The molecule has 1 saturated heterocycles. The molecular weight excluding hydrogens is 364 g/mol. The van der Waals surface area contributed by atoms with Crippen LogP contribution in [-0.4, -0.2) is 38.3 Å². The molecular formula is C19H18N4O3S. The number of anilines is 1. The third kappa shape index (κ3) is 4.06. The lowest BCUT2D eigenvalue weighted by Crippen LogP contribution is -2.17. The monoisotopic (exact) mass is 382 g/mol. The second kappa shape index (κ2) is 7.71. The molecule has 27 heavy (non-hydrogen) atoms. The van der Waals surface area contributed by atoms with Crippen LogP contribution in [0.3, 0.4) is 0 Å². The maximum absolute atomic E-state index is 12.5. The maximum atomic E-state index is 12.5. The minimum Gasteiger partial charge on any atom is -0.473 e. The first kappa shape index (κ1) is 17.4. The van der Waals surface area contributed by atoms with E-state index < -0.39 is 0 Å². The summed E-state index contributed by atoms with van der Waals surface area (Å²) in [5.41, 5.74) is 0.852. The number of aromatic nitrogens is 3. The third-order valence-electron chi connectivity index (χ3n) is 4.16. The lowest BCUT2D eigenvalue weighted by Gasteiger charge is -2.12. The summed E-state index contributed by atoms with van der Waals surface area (Å²) >= 11 is 1.85. The highest BCUT2D eigenvalue weighted by atomic mass is 32.2. The average molecular weight is 382 g/mol. The Kier molecular flexibility index (Phi) is 4.97. The van der Waals surface area contributed by atoms with Gasteiger partial charge in [0.2, 0.25) is 5.88 Å². The van der Waals surface area contributed by atoms with Crippen LogP contribution >= 0.6 is 11.8 Å². The summed E-state index contributed by atoms with van der Waals surface area (Å²) < 4.78 is 7.19. The summed E-state index contributed by atoms with van der Waals surface area (Å²) in [6.45, 7) is 0. The molecule has 2 N–H and O–H groups in total. The van der Waals surface area contributed by atoms with Crippen LogP contribution in [0.25, 0.3) is 5.69 Å². The lowest BCUT2D eigenvalue weighted by molar-refractivity contribution is 0.102. The lowest BCUT2D eigenvalue weighted by atomic mass is 10.2. The van der Waals surface area contributed by atoms with E-state index in [2.05, 4.69) is 15.4 Å². The van der Waals surface area contributed by atoms with Crippen LogP contribution in [0, 0.1) is 0 Å². The number of hydrogen-bond acceptors (Lipinski definition) is 5. The van der Waals surface area contributed by atoms with E-state index in [-0.39, 0.29) is 17.6 Å². The quantitative estimate of drug-likeness (QED) is 0.708. The third-order valence-corrected chi connectivity index (χ3v) is 5.29. The Bertz CT molecular complexity index is 993. The number of ether oxygens (including phenoxy) is 1. The van der Waals surface area contributed by atoms with Crippen LogP contribution in [0.5, 0.6) is 5.88 Å². The predicted octanol–water partition coefficient (Wildman–Crippen LogP) is 2.70. The average Bonchev–Trinajstić information content (AvgIpc) is 3.32. The van der Waals surface area contributed by atoms with E-state index in [1.807, 2.05) is 30.0 Å². The summed E-state index contributed by atoms with van der Waals surface area (Å²) in [5.74, 6) is 2.43. The van der Waals surface area contributed by atoms with Crippen LogP contribution in [0.1, 0.15) is 16.8 Å². The van der Waals surface area contributed by atoms with E-state index in [1.54, 1.807) is 30.5 Å². The van der Waals surface area contributed by atoms with Gasteiger partial charge in [0.15, 0.2) is 0 Å². The van der Waals surface area contributed by atoms with E-state index in [4.69, 9.17) is 4.74 Å². The number of para-hydroxylation sites is 1. The Hall–Kier alpha value is -3.00. The largest absolute Gasteiger partial charge is 0.473 e. The summed E-state index contributed by atoms with van der Waals surface area (Å²) in [5, 5.41) is 5.60. The van der Waals surface area contributed by atoms with Crippen LogP contribution in [-0.2, 0) is 0 Å². The van der Waals surface area contributed by atoms with Crippen molar-refractivity contribution in [3.05, 3.63) is 70.6 Å². The fraction of sp³-hybridized carbons (Fsp3) is 0.211. The van der Waals surface area contributed by atoms with Crippen LogP contribution in [0.4, 0.5) is 5.82 Å². The molecule has 3 heterocycles. The predicted molar refractivity (Wildman–Crippen MR) is 105 cm³/mol. The molecule has 8 heteroatoms.